The second-order valence-corrected chi connectivity index (χ2v) is 6.08. The zero-order valence-corrected chi connectivity index (χ0v) is 12.9. The number of carbonyl (C=O) groups excluding carboxylic acids is 1. The van der Waals surface area contributed by atoms with Crippen molar-refractivity contribution in [1.82, 2.24) is 10.2 Å². The molecule has 0 spiro atoms. The first-order valence-corrected chi connectivity index (χ1v) is 7.09. The second-order valence-electron chi connectivity index (χ2n) is 6.08. The first kappa shape index (κ1) is 15.2. The first-order chi connectivity index (χ1) is 9.92. The summed E-state index contributed by atoms with van der Waals surface area (Å²) in [6.07, 6.45) is 0. The topological polar surface area (TPSA) is 64.1 Å². The molecule has 0 aliphatic carbocycles. The molecular formula is C16H21N3O2. The van der Waals surface area contributed by atoms with E-state index in [1.807, 2.05) is 24.3 Å². The van der Waals surface area contributed by atoms with Crippen molar-refractivity contribution >= 4 is 22.6 Å². The van der Waals surface area contributed by atoms with Crippen molar-refractivity contribution in [3.8, 4) is 0 Å². The molecule has 0 saturated carbocycles. The number of hydrogen-bond donors (Lipinski definition) is 1. The van der Waals surface area contributed by atoms with Crippen LogP contribution in [0, 0.1) is 5.41 Å². The monoisotopic (exact) mass is 287 g/mol. The molecule has 0 amide bonds. The first-order valence-electron chi connectivity index (χ1n) is 7.09. The van der Waals surface area contributed by atoms with Crippen molar-refractivity contribution in [2.75, 3.05) is 18.5 Å². The van der Waals surface area contributed by atoms with Gasteiger partial charge in [0.05, 0.1) is 17.8 Å². The predicted octanol–water partition coefficient (Wildman–Crippen LogP) is 3.26. The van der Waals surface area contributed by atoms with Crippen molar-refractivity contribution in [2.24, 2.45) is 5.41 Å². The molecule has 1 aromatic carbocycles. The van der Waals surface area contributed by atoms with Crippen LogP contribution in [0.15, 0.2) is 24.3 Å². The molecule has 0 unspecified atom stereocenters. The Morgan fingerprint density at radius 1 is 1.24 bits per heavy atom. The van der Waals surface area contributed by atoms with E-state index < -0.39 is 5.97 Å². The number of benzene rings is 1. The van der Waals surface area contributed by atoms with E-state index >= 15 is 0 Å². The number of carbonyl (C=O) groups is 1. The third-order valence-corrected chi connectivity index (χ3v) is 2.93. The molecule has 0 saturated heterocycles. The Balaban J connectivity index is 2.49. The maximum atomic E-state index is 12.1. The van der Waals surface area contributed by atoms with Gasteiger partial charge in [0.2, 0.25) is 0 Å². The number of rotatable bonds is 4. The summed E-state index contributed by atoms with van der Waals surface area (Å²) in [7, 11) is 0. The van der Waals surface area contributed by atoms with E-state index in [4.69, 9.17) is 4.74 Å². The molecule has 2 aromatic rings. The van der Waals surface area contributed by atoms with Crippen molar-refractivity contribution in [1.29, 1.82) is 0 Å². The fourth-order valence-corrected chi connectivity index (χ4v) is 1.93. The summed E-state index contributed by atoms with van der Waals surface area (Å²) in [6.45, 7) is 9.18. The zero-order valence-electron chi connectivity index (χ0n) is 12.9. The molecule has 5 heteroatoms. The predicted molar refractivity (Wildman–Crippen MR) is 83.4 cm³/mol. The standard InChI is InChI=1S/C16H21N3O2/c1-5-21-15(20)14-13(17-10-16(2,3)4)11-8-6-7-9-12(11)18-19-14/h6-9H,5,10H2,1-4H3,(H,17,18). The molecule has 0 radical (unpaired) electrons. The van der Waals surface area contributed by atoms with Crippen molar-refractivity contribution < 1.29 is 9.53 Å². The minimum atomic E-state index is -0.452. The summed E-state index contributed by atoms with van der Waals surface area (Å²) < 4.78 is 5.07. The minimum Gasteiger partial charge on any atom is -0.461 e. The fourth-order valence-electron chi connectivity index (χ4n) is 1.93. The zero-order chi connectivity index (χ0) is 15.5. The average Bonchev–Trinajstić information content (AvgIpc) is 2.43. The summed E-state index contributed by atoms with van der Waals surface area (Å²) in [6, 6.07) is 7.62. The van der Waals surface area contributed by atoms with Crippen LogP contribution in [0.25, 0.3) is 10.9 Å². The van der Waals surface area contributed by atoms with E-state index in [2.05, 4.69) is 36.3 Å². The highest BCUT2D eigenvalue weighted by Crippen LogP contribution is 2.26. The number of esters is 1. The van der Waals surface area contributed by atoms with Crippen molar-refractivity contribution in [3.63, 3.8) is 0 Å². The summed E-state index contributed by atoms with van der Waals surface area (Å²) >= 11 is 0. The number of ether oxygens (including phenoxy) is 1. The van der Waals surface area contributed by atoms with Crippen LogP contribution in [0.3, 0.4) is 0 Å². The van der Waals surface area contributed by atoms with Gasteiger partial charge in [0.1, 0.15) is 0 Å². The van der Waals surface area contributed by atoms with Crippen LogP contribution in [0.4, 0.5) is 5.69 Å². The number of hydrogen-bond acceptors (Lipinski definition) is 5. The van der Waals surface area contributed by atoms with Gasteiger partial charge in [-0.1, -0.05) is 39.0 Å². The Labute approximate surface area is 124 Å². The molecule has 2 rings (SSSR count). The smallest absolute Gasteiger partial charge is 0.361 e. The molecule has 5 nitrogen and oxygen atoms in total. The Kier molecular flexibility index (Phi) is 4.40. The molecule has 0 aliphatic rings. The molecule has 0 atom stereocenters. The van der Waals surface area contributed by atoms with Crippen molar-refractivity contribution in [2.45, 2.75) is 27.7 Å². The summed E-state index contributed by atoms with van der Waals surface area (Å²) in [5.41, 5.74) is 1.76. The lowest BCUT2D eigenvalue weighted by Crippen LogP contribution is -2.22. The van der Waals surface area contributed by atoms with Gasteiger partial charge in [-0.15, -0.1) is 10.2 Å². The van der Waals surface area contributed by atoms with Gasteiger partial charge in [0.25, 0.3) is 0 Å². The van der Waals surface area contributed by atoms with E-state index in [0.717, 1.165) is 17.4 Å². The van der Waals surface area contributed by atoms with E-state index in [1.165, 1.54) is 0 Å². The van der Waals surface area contributed by atoms with Gasteiger partial charge in [-0.05, 0) is 18.4 Å². The molecule has 0 fully saturated rings. The van der Waals surface area contributed by atoms with Gasteiger partial charge in [-0.2, -0.15) is 0 Å². The number of nitrogens with one attached hydrogen (secondary N) is 1. The number of fused-ring (bicyclic) bond motifs is 1. The largest absolute Gasteiger partial charge is 0.461 e. The molecular weight excluding hydrogens is 266 g/mol. The average molecular weight is 287 g/mol. The highest BCUT2D eigenvalue weighted by molar-refractivity contribution is 6.03. The summed E-state index contributed by atoms with van der Waals surface area (Å²) in [4.78, 5) is 12.1. The Morgan fingerprint density at radius 3 is 2.62 bits per heavy atom. The summed E-state index contributed by atoms with van der Waals surface area (Å²) in [5, 5.41) is 12.3. The maximum absolute atomic E-state index is 12.1. The lowest BCUT2D eigenvalue weighted by molar-refractivity contribution is 0.0519. The maximum Gasteiger partial charge on any atom is 0.361 e. The Hall–Kier alpha value is -2.17. The highest BCUT2D eigenvalue weighted by Gasteiger charge is 2.20. The van der Waals surface area contributed by atoms with Gasteiger partial charge >= 0.3 is 5.97 Å². The van der Waals surface area contributed by atoms with Gasteiger partial charge < -0.3 is 10.1 Å². The third kappa shape index (κ3) is 3.68. The normalized spacial score (nSPS) is 11.4. The van der Waals surface area contributed by atoms with Crippen LogP contribution in [-0.2, 0) is 4.74 Å². The lowest BCUT2D eigenvalue weighted by Gasteiger charge is -2.21. The van der Waals surface area contributed by atoms with Crippen LogP contribution in [0.1, 0.15) is 38.2 Å². The van der Waals surface area contributed by atoms with E-state index in [0.29, 0.717) is 12.3 Å². The van der Waals surface area contributed by atoms with Crippen LogP contribution in [0.5, 0.6) is 0 Å². The Morgan fingerprint density at radius 2 is 1.95 bits per heavy atom. The quantitative estimate of drug-likeness (QED) is 0.874. The molecule has 1 aromatic heterocycles. The van der Waals surface area contributed by atoms with Gasteiger partial charge in [-0.3, -0.25) is 0 Å². The van der Waals surface area contributed by atoms with Crippen LogP contribution in [0.2, 0.25) is 0 Å². The SMILES string of the molecule is CCOC(=O)c1nnc2ccccc2c1NCC(C)(C)C. The van der Waals surface area contributed by atoms with E-state index in [1.54, 1.807) is 6.92 Å². The number of nitrogens with zero attached hydrogens (tertiary/aromatic N) is 2. The molecule has 0 aliphatic heterocycles. The Bertz CT molecular complexity index is 648. The van der Waals surface area contributed by atoms with Crippen LogP contribution < -0.4 is 5.32 Å². The van der Waals surface area contributed by atoms with Gasteiger partial charge in [0, 0.05) is 11.9 Å². The molecule has 1 N–H and O–H groups in total. The van der Waals surface area contributed by atoms with Crippen LogP contribution in [-0.4, -0.2) is 29.3 Å². The number of anilines is 1. The molecule has 0 bridgehead atoms. The van der Waals surface area contributed by atoms with E-state index in [9.17, 15) is 4.79 Å². The van der Waals surface area contributed by atoms with E-state index in [-0.39, 0.29) is 11.1 Å². The highest BCUT2D eigenvalue weighted by atomic mass is 16.5. The van der Waals surface area contributed by atoms with Crippen molar-refractivity contribution in [3.05, 3.63) is 30.0 Å². The molecule has 1 heterocycles. The fraction of sp³-hybridized carbons (Fsp3) is 0.438. The second kappa shape index (κ2) is 6.08. The van der Waals surface area contributed by atoms with Gasteiger partial charge in [-0.25, -0.2) is 4.79 Å². The minimum absolute atomic E-state index is 0.0797. The lowest BCUT2D eigenvalue weighted by atomic mass is 9.96. The number of aromatic nitrogens is 2. The third-order valence-electron chi connectivity index (χ3n) is 2.93. The molecule has 112 valence electrons. The van der Waals surface area contributed by atoms with Crippen LogP contribution >= 0.6 is 0 Å². The summed E-state index contributed by atoms with van der Waals surface area (Å²) in [5.74, 6) is -0.452. The van der Waals surface area contributed by atoms with Gasteiger partial charge in [0.15, 0.2) is 5.69 Å². The molecule has 21 heavy (non-hydrogen) atoms.